The van der Waals surface area contributed by atoms with Crippen molar-refractivity contribution in [2.75, 3.05) is 6.54 Å². The summed E-state index contributed by atoms with van der Waals surface area (Å²) in [6.45, 7) is 5.16. The first-order chi connectivity index (χ1) is 14.3. The molecule has 0 aromatic heterocycles. The molecule has 4 aliphatic rings. The summed E-state index contributed by atoms with van der Waals surface area (Å²) in [5.74, 6) is 1.36. The van der Waals surface area contributed by atoms with Gasteiger partial charge in [-0.15, -0.1) is 0 Å². The Morgan fingerprint density at radius 2 is 1.83 bits per heavy atom. The highest BCUT2D eigenvalue weighted by Gasteiger charge is 2.62. The summed E-state index contributed by atoms with van der Waals surface area (Å²) < 4.78 is 0. The molecule has 1 aromatic rings. The SMILES string of the molecule is C[C@]12CCC(=O)C=C1C[C@@H](SC(=O)c1ccccc1)[C@@H]1[C@@H]2CC[C@]2(C)C(=O)NC[C@@H]12. The third-order valence-corrected chi connectivity index (χ3v) is 9.85. The number of ketones is 1. The van der Waals surface area contributed by atoms with Crippen molar-refractivity contribution >= 4 is 28.6 Å². The van der Waals surface area contributed by atoms with E-state index in [4.69, 9.17) is 0 Å². The fourth-order valence-corrected chi connectivity index (χ4v) is 8.14. The van der Waals surface area contributed by atoms with Crippen LogP contribution in [0, 0.1) is 28.6 Å². The van der Waals surface area contributed by atoms with Crippen LogP contribution in [0.3, 0.4) is 0 Å². The fraction of sp³-hybridized carbons (Fsp3) is 0.560. The molecule has 6 atom stereocenters. The van der Waals surface area contributed by atoms with Crippen LogP contribution in [0.1, 0.15) is 56.3 Å². The van der Waals surface area contributed by atoms with Crippen LogP contribution >= 0.6 is 11.8 Å². The summed E-state index contributed by atoms with van der Waals surface area (Å²) in [6, 6.07) is 9.45. The van der Waals surface area contributed by atoms with Gasteiger partial charge in [-0.2, -0.15) is 0 Å². The standard InChI is InChI=1S/C25H29NO3S/c1-24-10-8-17(27)12-16(24)13-20(30-22(28)15-6-4-3-5-7-15)21-18(24)9-11-25(2)19(21)14-26-23(25)29/h3-7,12,18-21H,8-11,13-14H2,1-2H3,(H,26,29)/t18-,19-,20+,21+,24-,25-/m0/s1. The van der Waals surface area contributed by atoms with Crippen LogP contribution in [0.5, 0.6) is 0 Å². The maximum absolute atomic E-state index is 13.1. The van der Waals surface area contributed by atoms with Gasteiger partial charge in [0.1, 0.15) is 0 Å². The van der Waals surface area contributed by atoms with Crippen LogP contribution in [0.4, 0.5) is 0 Å². The second-order valence-electron chi connectivity index (χ2n) is 10.0. The largest absolute Gasteiger partial charge is 0.355 e. The zero-order chi connectivity index (χ0) is 21.1. The number of nitrogens with one attached hydrogen (secondary N) is 1. The van der Waals surface area contributed by atoms with Crippen molar-refractivity contribution in [1.29, 1.82) is 0 Å². The molecule has 0 bridgehead atoms. The van der Waals surface area contributed by atoms with Gasteiger partial charge in [0.2, 0.25) is 11.0 Å². The van der Waals surface area contributed by atoms with E-state index in [1.807, 2.05) is 36.4 Å². The highest BCUT2D eigenvalue weighted by Crippen LogP contribution is 2.64. The number of allylic oxidation sites excluding steroid dienone is 2. The lowest BCUT2D eigenvalue weighted by Crippen LogP contribution is -2.55. The lowest BCUT2D eigenvalue weighted by Gasteiger charge is -2.58. The van der Waals surface area contributed by atoms with E-state index in [0.717, 1.165) is 31.2 Å². The van der Waals surface area contributed by atoms with Crippen LogP contribution in [0.25, 0.3) is 0 Å². The third-order valence-electron chi connectivity index (χ3n) is 8.62. The molecule has 5 rings (SSSR count). The molecule has 3 aliphatic carbocycles. The van der Waals surface area contributed by atoms with E-state index in [1.54, 1.807) is 0 Å². The molecular formula is C25H29NO3S. The molecule has 0 spiro atoms. The Balaban J connectivity index is 1.53. The summed E-state index contributed by atoms with van der Waals surface area (Å²) in [7, 11) is 0. The number of hydrogen-bond donors (Lipinski definition) is 1. The van der Waals surface area contributed by atoms with Crippen molar-refractivity contribution in [2.24, 2.45) is 28.6 Å². The Kier molecular flexibility index (Phi) is 4.73. The van der Waals surface area contributed by atoms with Crippen molar-refractivity contribution in [1.82, 2.24) is 5.32 Å². The Bertz CT molecular complexity index is 941. The highest BCUT2D eigenvalue weighted by atomic mass is 32.2. The Morgan fingerprint density at radius 1 is 1.07 bits per heavy atom. The summed E-state index contributed by atoms with van der Waals surface area (Å²) in [5, 5.41) is 3.33. The van der Waals surface area contributed by atoms with Gasteiger partial charge in [0.15, 0.2) is 5.78 Å². The van der Waals surface area contributed by atoms with Gasteiger partial charge in [-0.05, 0) is 54.9 Å². The van der Waals surface area contributed by atoms with Crippen molar-refractivity contribution in [2.45, 2.75) is 51.2 Å². The number of fused-ring (bicyclic) bond motifs is 5. The second kappa shape index (κ2) is 7.08. The molecule has 1 aliphatic heterocycles. The number of amides is 1. The first-order valence-electron chi connectivity index (χ1n) is 11.1. The van der Waals surface area contributed by atoms with Gasteiger partial charge in [0, 0.05) is 23.8 Å². The second-order valence-corrected chi connectivity index (χ2v) is 11.2. The predicted molar refractivity (Wildman–Crippen MR) is 118 cm³/mol. The van der Waals surface area contributed by atoms with Crippen LogP contribution < -0.4 is 5.32 Å². The van der Waals surface area contributed by atoms with Gasteiger partial charge in [0.05, 0.1) is 5.41 Å². The van der Waals surface area contributed by atoms with Crippen LogP contribution in [-0.2, 0) is 9.59 Å². The highest BCUT2D eigenvalue weighted by molar-refractivity contribution is 8.14. The normalized spacial score (nSPS) is 40.0. The summed E-state index contributed by atoms with van der Waals surface area (Å²) in [4.78, 5) is 38.1. The van der Waals surface area contributed by atoms with Crippen LogP contribution in [-0.4, -0.2) is 28.6 Å². The monoisotopic (exact) mass is 423 g/mol. The van der Waals surface area contributed by atoms with Crippen molar-refractivity contribution in [3.05, 3.63) is 47.5 Å². The molecule has 1 saturated heterocycles. The first-order valence-corrected chi connectivity index (χ1v) is 12.0. The molecule has 1 aromatic carbocycles. The average Bonchev–Trinajstić information content (AvgIpc) is 3.04. The minimum atomic E-state index is -0.335. The van der Waals surface area contributed by atoms with E-state index in [9.17, 15) is 14.4 Å². The maximum atomic E-state index is 13.1. The number of benzene rings is 1. The Morgan fingerprint density at radius 3 is 2.60 bits per heavy atom. The van der Waals surface area contributed by atoms with E-state index in [1.165, 1.54) is 17.3 Å². The molecule has 1 heterocycles. The zero-order valence-electron chi connectivity index (χ0n) is 17.6. The Hall–Kier alpha value is -1.88. The maximum Gasteiger partial charge on any atom is 0.226 e. The van der Waals surface area contributed by atoms with Gasteiger partial charge in [0.25, 0.3) is 0 Å². The molecule has 30 heavy (non-hydrogen) atoms. The predicted octanol–water partition coefficient (Wildman–Crippen LogP) is 4.41. The average molecular weight is 424 g/mol. The smallest absolute Gasteiger partial charge is 0.226 e. The van der Waals surface area contributed by atoms with Crippen molar-refractivity contribution in [3.63, 3.8) is 0 Å². The minimum Gasteiger partial charge on any atom is -0.355 e. The zero-order valence-corrected chi connectivity index (χ0v) is 18.5. The molecule has 3 fully saturated rings. The molecule has 5 heteroatoms. The van der Waals surface area contributed by atoms with Gasteiger partial charge < -0.3 is 5.32 Å². The lowest BCUT2D eigenvalue weighted by molar-refractivity contribution is -0.133. The number of hydrogen-bond acceptors (Lipinski definition) is 4. The first kappa shape index (κ1) is 20.0. The summed E-state index contributed by atoms with van der Waals surface area (Å²) >= 11 is 1.43. The number of carbonyl (C=O) groups is 3. The van der Waals surface area contributed by atoms with E-state index < -0.39 is 0 Å². The molecule has 0 unspecified atom stereocenters. The topological polar surface area (TPSA) is 63.2 Å². The summed E-state index contributed by atoms with van der Waals surface area (Å²) in [6.07, 6.45) is 6.05. The van der Waals surface area contributed by atoms with Crippen LogP contribution in [0.2, 0.25) is 0 Å². The van der Waals surface area contributed by atoms with Crippen LogP contribution in [0.15, 0.2) is 42.0 Å². The molecule has 1 N–H and O–H groups in total. The minimum absolute atomic E-state index is 0.0123. The molecule has 158 valence electrons. The van der Waals surface area contributed by atoms with Gasteiger partial charge >= 0.3 is 0 Å². The Labute approximate surface area is 182 Å². The van der Waals surface area contributed by atoms with E-state index in [0.29, 0.717) is 24.8 Å². The molecular weight excluding hydrogens is 394 g/mol. The van der Waals surface area contributed by atoms with Crippen molar-refractivity contribution in [3.8, 4) is 0 Å². The molecule has 1 amide bonds. The van der Waals surface area contributed by atoms with Gasteiger partial charge in [-0.3, -0.25) is 14.4 Å². The van der Waals surface area contributed by atoms with E-state index in [2.05, 4.69) is 19.2 Å². The third kappa shape index (κ3) is 2.92. The molecule has 4 nitrogen and oxygen atoms in total. The van der Waals surface area contributed by atoms with Crippen molar-refractivity contribution < 1.29 is 14.4 Å². The van der Waals surface area contributed by atoms with Gasteiger partial charge in [-0.1, -0.05) is 61.5 Å². The molecule has 2 saturated carbocycles. The fourth-order valence-electron chi connectivity index (χ4n) is 6.79. The number of rotatable bonds is 2. The van der Waals surface area contributed by atoms with E-state index in [-0.39, 0.29) is 38.8 Å². The number of carbonyl (C=O) groups excluding carboxylic acids is 3. The van der Waals surface area contributed by atoms with E-state index >= 15 is 0 Å². The van der Waals surface area contributed by atoms with Gasteiger partial charge in [-0.25, -0.2) is 0 Å². The number of thioether (sulfide) groups is 1. The quantitative estimate of drug-likeness (QED) is 0.766. The summed E-state index contributed by atoms with van der Waals surface area (Å²) in [5.41, 5.74) is 1.63. The lowest BCUT2D eigenvalue weighted by atomic mass is 9.47. The molecule has 0 radical (unpaired) electrons.